The monoisotopic (exact) mass is 311 g/mol. The summed E-state index contributed by atoms with van der Waals surface area (Å²) in [5.41, 5.74) is 1.73. The molecule has 0 saturated carbocycles. The molecule has 118 valence electrons. The lowest BCUT2D eigenvalue weighted by atomic mass is 10.2. The first-order valence-corrected chi connectivity index (χ1v) is 7.54. The molecule has 0 aliphatic heterocycles. The van der Waals surface area contributed by atoms with Gasteiger partial charge in [-0.2, -0.15) is 0 Å². The van der Waals surface area contributed by atoms with Gasteiger partial charge in [-0.1, -0.05) is 30.3 Å². The van der Waals surface area contributed by atoms with Crippen LogP contribution in [0.15, 0.2) is 48.5 Å². The Morgan fingerprint density at radius 3 is 2.70 bits per heavy atom. The van der Waals surface area contributed by atoms with E-state index in [-0.39, 0.29) is 0 Å². The van der Waals surface area contributed by atoms with E-state index < -0.39 is 5.97 Å². The van der Waals surface area contributed by atoms with Crippen molar-refractivity contribution in [3.63, 3.8) is 0 Å². The number of carbonyl (C=O) groups excluding carboxylic acids is 1. The number of aromatic nitrogens is 3. The molecule has 0 atom stereocenters. The van der Waals surface area contributed by atoms with E-state index in [0.29, 0.717) is 23.2 Å². The number of rotatable bonds is 6. The number of hydrogen-bond donors (Lipinski definition) is 0. The molecule has 23 heavy (non-hydrogen) atoms. The Kier molecular flexibility index (Phi) is 4.52. The Morgan fingerprint density at radius 1 is 1.13 bits per heavy atom. The molecule has 3 rings (SSSR count). The highest BCUT2D eigenvalue weighted by Gasteiger charge is 2.12. The molecule has 1 aromatic heterocycles. The number of carbonyl (C=O) groups is 1. The summed E-state index contributed by atoms with van der Waals surface area (Å²) in [7, 11) is 0. The van der Waals surface area contributed by atoms with Gasteiger partial charge in [0.2, 0.25) is 0 Å². The summed E-state index contributed by atoms with van der Waals surface area (Å²) < 4.78 is 5.57. The predicted molar refractivity (Wildman–Crippen MR) is 85.3 cm³/mol. The van der Waals surface area contributed by atoms with Crippen molar-refractivity contribution in [1.82, 2.24) is 15.2 Å². The molecule has 0 aliphatic rings. The second-order valence-corrected chi connectivity index (χ2v) is 5.06. The lowest BCUT2D eigenvalue weighted by molar-refractivity contribution is 0.0409. The van der Waals surface area contributed by atoms with Crippen LogP contribution in [0.5, 0.6) is 5.75 Å². The van der Waals surface area contributed by atoms with Gasteiger partial charge in [0.15, 0.2) is 0 Å². The first kappa shape index (κ1) is 15.0. The van der Waals surface area contributed by atoms with Gasteiger partial charge in [-0.15, -0.1) is 5.10 Å². The molecule has 0 fully saturated rings. The highest BCUT2D eigenvalue weighted by molar-refractivity contribution is 5.90. The third-order valence-corrected chi connectivity index (χ3v) is 3.35. The molecule has 2 aromatic carbocycles. The van der Waals surface area contributed by atoms with Crippen molar-refractivity contribution in [2.24, 2.45) is 0 Å². The Bertz CT molecular complexity index is 796. The number of benzene rings is 2. The van der Waals surface area contributed by atoms with Gasteiger partial charge in [0, 0.05) is 0 Å². The van der Waals surface area contributed by atoms with E-state index in [1.807, 2.05) is 12.1 Å². The fourth-order valence-corrected chi connectivity index (χ4v) is 2.07. The first-order chi connectivity index (χ1) is 11.3. The molecule has 0 bridgehead atoms. The van der Waals surface area contributed by atoms with Gasteiger partial charge in [0.25, 0.3) is 0 Å². The number of ether oxygens (including phenoxy) is 1. The minimum Gasteiger partial charge on any atom is -0.494 e. The highest BCUT2D eigenvalue weighted by Crippen LogP contribution is 2.14. The number of para-hydroxylation sites is 1. The summed E-state index contributed by atoms with van der Waals surface area (Å²) in [6.45, 7) is 2.78. The average Bonchev–Trinajstić information content (AvgIpc) is 2.99. The molecule has 0 amide bonds. The second kappa shape index (κ2) is 6.91. The van der Waals surface area contributed by atoms with Crippen molar-refractivity contribution < 1.29 is 14.4 Å². The van der Waals surface area contributed by atoms with E-state index in [1.165, 1.54) is 0 Å². The third-order valence-electron chi connectivity index (χ3n) is 3.35. The summed E-state index contributed by atoms with van der Waals surface area (Å²) in [6.07, 6.45) is 2.08. The van der Waals surface area contributed by atoms with Crippen LogP contribution in [0.1, 0.15) is 30.1 Å². The van der Waals surface area contributed by atoms with Crippen LogP contribution in [0.3, 0.4) is 0 Å². The van der Waals surface area contributed by atoms with Crippen molar-refractivity contribution in [2.75, 3.05) is 6.61 Å². The molecular weight excluding hydrogens is 294 g/mol. The molecule has 0 aliphatic carbocycles. The van der Waals surface area contributed by atoms with Crippen LogP contribution in [0.25, 0.3) is 11.0 Å². The van der Waals surface area contributed by atoms with Crippen molar-refractivity contribution in [2.45, 2.75) is 19.8 Å². The zero-order chi connectivity index (χ0) is 16.1. The van der Waals surface area contributed by atoms with Crippen LogP contribution in [0, 0.1) is 0 Å². The van der Waals surface area contributed by atoms with Crippen LogP contribution in [-0.4, -0.2) is 27.7 Å². The standard InChI is InChI=1S/C17H17N3O3/c1-2-3-12-22-14-10-8-13(9-11-14)17(21)23-20-16-7-5-4-6-15(16)18-19-20/h4-11H,2-3,12H2,1H3. The second-order valence-electron chi connectivity index (χ2n) is 5.06. The lowest BCUT2D eigenvalue weighted by Crippen LogP contribution is -2.21. The Balaban J connectivity index is 1.68. The normalized spacial score (nSPS) is 10.7. The molecule has 0 N–H and O–H groups in total. The van der Waals surface area contributed by atoms with Crippen LogP contribution in [0.4, 0.5) is 0 Å². The summed E-state index contributed by atoms with van der Waals surface area (Å²) in [5.74, 6) is 0.238. The molecule has 3 aromatic rings. The number of unbranched alkanes of at least 4 members (excludes halogenated alkanes) is 1. The summed E-state index contributed by atoms with van der Waals surface area (Å²) in [4.78, 5) is 18.6. The molecule has 0 saturated heterocycles. The summed E-state index contributed by atoms with van der Waals surface area (Å²) in [6, 6.07) is 14.1. The quantitative estimate of drug-likeness (QED) is 0.517. The molecule has 6 heteroatoms. The zero-order valence-electron chi connectivity index (χ0n) is 12.8. The van der Waals surface area contributed by atoms with E-state index in [9.17, 15) is 4.79 Å². The molecule has 0 spiro atoms. The largest absolute Gasteiger partial charge is 0.494 e. The Morgan fingerprint density at radius 2 is 1.91 bits per heavy atom. The molecule has 0 unspecified atom stereocenters. The van der Waals surface area contributed by atoms with Gasteiger partial charge in [-0.05, 0) is 48.0 Å². The summed E-state index contributed by atoms with van der Waals surface area (Å²) >= 11 is 0. The van der Waals surface area contributed by atoms with E-state index in [4.69, 9.17) is 9.57 Å². The minimum absolute atomic E-state index is 0.424. The maximum absolute atomic E-state index is 12.2. The van der Waals surface area contributed by atoms with E-state index in [1.54, 1.807) is 36.4 Å². The minimum atomic E-state index is -0.499. The van der Waals surface area contributed by atoms with E-state index >= 15 is 0 Å². The Labute approximate surface area is 133 Å². The van der Waals surface area contributed by atoms with Crippen LogP contribution in [-0.2, 0) is 0 Å². The SMILES string of the molecule is CCCCOc1ccc(C(=O)On2nnc3ccccc32)cc1. The van der Waals surface area contributed by atoms with Crippen molar-refractivity contribution in [3.8, 4) is 5.75 Å². The topological polar surface area (TPSA) is 66.2 Å². The van der Waals surface area contributed by atoms with E-state index in [0.717, 1.165) is 23.4 Å². The molecule has 6 nitrogen and oxygen atoms in total. The zero-order valence-corrected chi connectivity index (χ0v) is 12.8. The highest BCUT2D eigenvalue weighted by atomic mass is 16.7. The molecule has 1 heterocycles. The number of hydrogen-bond acceptors (Lipinski definition) is 5. The maximum atomic E-state index is 12.2. The number of fused-ring (bicyclic) bond motifs is 1. The van der Waals surface area contributed by atoms with Gasteiger partial charge in [0.1, 0.15) is 16.8 Å². The Hall–Kier alpha value is -2.89. The maximum Gasteiger partial charge on any atom is 0.365 e. The van der Waals surface area contributed by atoms with Gasteiger partial charge in [0.05, 0.1) is 12.2 Å². The van der Waals surface area contributed by atoms with Gasteiger partial charge in [-0.3, -0.25) is 0 Å². The average molecular weight is 311 g/mol. The van der Waals surface area contributed by atoms with Gasteiger partial charge >= 0.3 is 5.97 Å². The molecule has 0 radical (unpaired) electrons. The smallest absolute Gasteiger partial charge is 0.365 e. The van der Waals surface area contributed by atoms with E-state index in [2.05, 4.69) is 17.2 Å². The van der Waals surface area contributed by atoms with Crippen molar-refractivity contribution in [1.29, 1.82) is 0 Å². The van der Waals surface area contributed by atoms with Crippen LogP contribution < -0.4 is 9.57 Å². The first-order valence-electron chi connectivity index (χ1n) is 7.54. The fraction of sp³-hybridized carbons (Fsp3) is 0.235. The number of nitrogens with zero attached hydrogens (tertiary/aromatic N) is 3. The summed E-state index contributed by atoms with van der Waals surface area (Å²) in [5, 5.41) is 7.76. The molecular formula is C17H17N3O3. The van der Waals surface area contributed by atoms with Crippen molar-refractivity contribution in [3.05, 3.63) is 54.1 Å². The predicted octanol–water partition coefficient (Wildman–Crippen LogP) is 2.88. The van der Waals surface area contributed by atoms with Crippen LogP contribution >= 0.6 is 0 Å². The third kappa shape index (κ3) is 3.48. The van der Waals surface area contributed by atoms with Gasteiger partial charge < -0.3 is 9.57 Å². The lowest BCUT2D eigenvalue weighted by Gasteiger charge is -2.06. The fourth-order valence-electron chi connectivity index (χ4n) is 2.07. The van der Waals surface area contributed by atoms with Gasteiger partial charge in [-0.25, -0.2) is 4.79 Å². The van der Waals surface area contributed by atoms with Crippen LogP contribution in [0.2, 0.25) is 0 Å². The van der Waals surface area contributed by atoms with Crippen molar-refractivity contribution >= 4 is 17.0 Å².